The van der Waals surface area contributed by atoms with Crippen molar-refractivity contribution in [3.8, 4) is 11.1 Å². The number of carbonyl (C=O) groups is 1. The topological polar surface area (TPSA) is 52.3 Å². The lowest BCUT2D eigenvalue weighted by molar-refractivity contribution is 0.0394. The van der Waals surface area contributed by atoms with Gasteiger partial charge in [-0.05, 0) is 43.4 Å². The van der Waals surface area contributed by atoms with Gasteiger partial charge in [0.15, 0.2) is 0 Å². The van der Waals surface area contributed by atoms with Crippen molar-refractivity contribution in [2.75, 3.05) is 0 Å². The Kier molecular flexibility index (Phi) is 4.63. The van der Waals surface area contributed by atoms with Crippen molar-refractivity contribution in [1.29, 1.82) is 0 Å². The second kappa shape index (κ2) is 6.44. The van der Waals surface area contributed by atoms with Gasteiger partial charge < -0.3 is 10.5 Å². The zero-order valence-electron chi connectivity index (χ0n) is 12.5. The molecule has 0 bridgehead atoms. The van der Waals surface area contributed by atoms with E-state index in [-0.39, 0.29) is 0 Å². The molecule has 0 saturated carbocycles. The normalized spacial score (nSPS) is 11.1. The Morgan fingerprint density at radius 1 is 1.00 bits per heavy atom. The summed E-state index contributed by atoms with van der Waals surface area (Å²) in [5, 5.41) is 0. The summed E-state index contributed by atoms with van der Waals surface area (Å²) in [5.41, 5.74) is 8.16. The van der Waals surface area contributed by atoms with Crippen molar-refractivity contribution in [2.45, 2.75) is 32.3 Å². The van der Waals surface area contributed by atoms with Gasteiger partial charge in [0.1, 0.15) is 5.60 Å². The van der Waals surface area contributed by atoms with E-state index < -0.39 is 11.7 Å². The van der Waals surface area contributed by atoms with Crippen LogP contribution >= 0.6 is 0 Å². The number of carbonyl (C=O) groups excluding carboxylic acids is 1. The number of nitrogens with two attached hydrogens (primary N) is 1. The minimum absolute atomic E-state index is 0.538. The van der Waals surface area contributed by atoms with Gasteiger partial charge in [0.2, 0.25) is 0 Å². The second-order valence-electron chi connectivity index (χ2n) is 5.74. The number of ether oxygens (including phenoxy) is 1. The molecule has 0 aliphatic carbocycles. The zero-order chi connectivity index (χ0) is 15.3. The summed E-state index contributed by atoms with van der Waals surface area (Å²) in [6, 6.07) is 18.7. The van der Waals surface area contributed by atoms with E-state index in [1.54, 1.807) is 0 Å². The van der Waals surface area contributed by atoms with E-state index >= 15 is 0 Å². The summed E-state index contributed by atoms with van der Waals surface area (Å²) in [4.78, 5) is 10.8. The summed E-state index contributed by atoms with van der Waals surface area (Å²) in [7, 11) is 0. The highest BCUT2D eigenvalue weighted by atomic mass is 16.6. The molecule has 2 aromatic carbocycles. The molecule has 0 unspecified atom stereocenters. The van der Waals surface area contributed by atoms with Gasteiger partial charge >= 0.3 is 6.09 Å². The number of primary amides is 1. The van der Waals surface area contributed by atoms with Crippen molar-refractivity contribution in [2.24, 2.45) is 5.73 Å². The fourth-order valence-electron chi connectivity index (χ4n) is 2.26. The summed E-state index contributed by atoms with van der Waals surface area (Å²) in [6.45, 7) is 3.74. The summed E-state index contributed by atoms with van der Waals surface area (Å²) < 4.78 is 5.09. The molecule has 3 nitrogen and oxygen atoms in total. The van der Waals surface area contributed by atoms with E-state index in [0.29, 0.717) is 0 Å². The van der Waals surface area contributed by atoms with Crippen molar-refractivity contribution >= 4 is 6.09 Å². The van der Waals surface area contributed by atoms with Gasteiger partial charge in [-0.1, -0.05) is 54.6 Å². The van der Waals surface area contributed by atoms with Crippen LogP contribution in [-0.2, 0) is 11.2 Å². The maximum atomic E-state index is 10.8. The third-order valence-corrected chi connectivity index (χ3v) is 3.45. The van der Waals surface area contributed by atoms with Gasteiger partial charge in [-0.25, -0.2) is 4.79 Å². The Balaban J connectivity index is 1.99. The molecular weight excluding hydrogens is 262 g/mol. The van der Waals surface area contributed by atoms with Crippen molar-refractivity contribution in [1.82, 2.24) is 0 Å². The average molecular weight is 283 g/mol. The van der Waals surface area contributed by atoms with Crippen LogP contribution in [0, 0.1) is 0 Å². The molecule has 0 aliphatic heterocycles. The predicted octanol–water partition coefficient (Wildman–Crippen LogP) is 4.16. The third kappa shape index (κ3) is 4.63. The molecule has 2 aromatic rings. The van der Waals surface area contributed by atoms with Crippen molar-refractivity contribution < 1.29 is 9.53 Å². The largest absolute Gasteiger partial charge is 0.444 e. The van der Waals surface area contributed by atoms with Crippen molar-refractivity contribution in [3.05, 3.63) is 60.2 Å². The van der Waals surface area contributed by atoms with E-state index in [2.05, 4.69) is 36.4 Å². The van der Waals surface area contributed by atoms with Gasteiger partial charge in [0, 0.05) is 0 Å². The maximum absolute atomic E-state index is 10.8. The van der Waals surface area contributed by atoms with Crippen LogP contribution in [0.1, 0.15) is 25.8 Å². The molecule has 0 fully saturated rings. The monoisotopic (exact) mass is 283 g/mol. The molecule has 21 heavy (non-hydrogen) atoms. The van der Waals surface area contributed by atoms with Gasteiger partial charge in [-0.15, -0.1) is 0 Å². The quantitative estimate of drug-likeness (QED) is 0.895. The molecule has 0 spiro atoms. The van der Waals surface area contributed by atoms with Gasteiger partial charge in [-0.2, -0.15) is 0 Å². The van der Waals surface area contributed by atoms with Crippen LogP contribution < -0.4 is 5.73 Å². The highest BCUT2D eigenvalue weighted by Crippen LogP contribution is 2.22. The molecule has 0 radical (unpaired) electrons. The lowest BCUT2D eigenvalue weighted by Crippen LogP contribution is -2.31. The fourth-order valence-corrected chi connectivity index (χ4v) is 2.26. The first-order chi connectivity index (χ1) is 9.96. The Hall–Kier alpha value is -2.29. The third-order valence-electron chi connectivity index (χ3n) is 3.45. The Labute approximate surface area is 125 Å². The van der Waals surface area contributed by atoms with Gasteiger partial charge in [-0.3, -0.25) is 0 Å². The molecule has 0 aromatic heterocycles. The summed E-state index contributed by atoms with van der Waals surface area (Å²) in [5.74, 6) is 0. The maximum Gasteiger partial charge on any atom is 0.405 e. The van der Waals surface area contributed by atoms with E-state index in [4.69, 9.17) is 10.5 Å². The molecule has 3 heteroatoms. The van der Waals surface area contributed by atoms with Gasteiger partial charge in [0.25, 0.3) is 0 Å². The smallest absolute Gasteiger partial charge is 0.405 e. The molecule has 0 aliphatic rings. The standard InChI is InChI=1S/C18H21NO2/c1-18(2,21-17(19)20)13-12-14-8-10-16(11-9-14)15-6-4-3-5-7-15/h3-11H,12-13H2,1-2H3,(H2,19,20). The zero-order valence-corrected chi connectivity index (χ0v) is 12.5. The van der Waals surface area contributed by atoms with Crippen LogP contribution in [0.3, 0.4) is 0 Å². The molecule has 0 heterocycles. The number of hydrogen-bond acceptors (Lipinski definition) is 2. The Bertz CT molecular complexity index is 588. The van der Waals surface area contributed by atoms with E-state index in [1.807, 2.05) is 32.0 Å². The van der Waals surface area contributed by atoms with E-state index in [0.717, 1.165) is 12.8 Å². The van der Waals surface area contributed by atoms with Crippen LogP contribution in [0.15, 0.2) is 54.6 Å². The number of aryl methyl sites for hydroxylation is 1. The first-order valence-corrected chi connectivity index (χ1v) is 7.09. The minimum Gasteiger partial charge on any atom is -0.444 e. The number of rotatable bonds is 5. The fraction of sp³-hybridized carbons (Fsp3) is 0.278. The highest BCUT2D eigenvalue weighted by Gasteiger charge is 2.21. The molecule has 110 valence electrons. The Morgan fingerprint density at radius 3 is 2.14 bits per heavy atom. The van der Waals surface area contributed by atoms with E-state index in [9.17, 15) is 4.79 Å². The average Bonchev–Trinajstić information content (AvgIpc) is 2.45. The summed E-state index contributed by atoms with van der Waals surface area (Å²) >= 11 is 0. The SMILES string of the molecule is CC(C)(CCc1ccc(-c2ccccc2)cc1)OC(N)=O. The molecule has 2 rings (SSSR count). The number of benzene rings is 2. The van der Waals surface area contributed by atoms with Crippen LogP contribution in [0.4, 0.5) is 4.79 Å². The molecule has 1 amide bonds. The van der Waals surface area contributed by atoms with Crippen LogP contribution in [0.2, 0.25) is 0 Å². The first-order valence-electron chi connectivity index (χ1n) is 7.09. The van der Waals surface area contributed by atoms with E-state index in [1.165, 1.54) is 16.7 Å². The number of amides is 1. The molecule has 0 atom stereocenters. The lowest BCUT2D eigenvalue weighted by atomic mass is 9.97. The molecule has 0 saturated heterocycles. The second-order valence-corrected chi connectivity index (χ2v) is 5.74. The van der Waals surface area contributed by atoms with Gasteiger partial charge in [0.05, 0.1) is 0 Å². The summed E-state index contributed by atoms with van der Waals surface area (Å²) in [6.07, 6.45) is 0.857. The van der Waals surface area contributed by atoms with Crippen LogP contribution in [0.25, 0.3) is 11.1 Å². The molecular formula is C18H21NO2. The minimum atomic E-state index is -0.723. The lowest BCUT2D eigenvalue weighted by Gasteiger charge is -2.23. The highest BCUT2D eigenvalue weighted by molar-refractivity contribution is 5.65. The van der Waals surface area contributed by atoms with Crippen LogP contribution in [0.5, 0.6) is 0 Å². The van der Waals surface area contributed by atoms with Crippen molar-refractivity contribution in [3.63, 3.8) is 0 Å². The predicted molar refractivity (Wildman–Crippen MR) is 84.9 cm³/mol. The number of hydrogen-bond donors (Lipinski definition) is 1. The van der Waals surface area contributed by atoms with Crippen LogP contribution in [-0.4, -0.2) is 11.7 Å². The first kappa shape index (κ1) is 15.1. The molecule has 2 N–H and O–H groups in total. The Morgan fingerprint density at radius 2 is 1.57 bits per heavy atom.